The second-order valence-corrected chi connectivity index (χ2v) is 4.71. The van der Waals surface area contributed by atoms with Gasteiger partial charge in [-0.15, -0.1) is 0 Å². The van der Waals surface area contributed by atoms with E-state index in [1.54, 1.807) is 18.1 Å². The van der Waals surface area contributed by atoms with Crippen molar-refractivity contribution in [3.05, 3.63) is 12.2 Å². The van der Waals surface area contributed by atoms with Crippen LogP contribution in [0.15, 0.2) is 6.33 Å². The number of rotatable bonds is 4. The first-order valence-electron chi connectivity index (χ1n) is 5.23. The van der Waals surface area contributed by atoms with Gasteiger partial charge in [-0.25, -0.2) is 4.98 Å². The van der Waals surface area contributed by atoms with Crippen molar-refractivity contribution in [3.8, 4) is 0 Å². The Morgan fingerprint density at radius 2 is 2.19 bits per heavy atom. The first kappa shape index (κ1) is 12.6. The van der Waals surface area contributed by atoms with Gasteiger partial charge in [-0.2, -0.15) is 5.10 Å². The van der Waals surface area contributed by atoms with Crippen molar-refractivity contribution in [3.63, 3.8) is 0 Å². The molecule has 0 radical (unpaired) electrons. The van der Waals surface area contributed by atoms with Gasteiger partial charge in [0.1, 0.15) is 6.33 Å². The Morgan fingerprint density at radius 3 is 2.69 bits per heavy atom. The molecule has 1 amide bonds. The van der Waals surface area contributed by atoms with Gasteiger partial charge < -0.3 is 10.6 Å². The molecule has 1 aromatic heterocycles. The van der Waals surface area contributed by atoms with E-state index in [9.17, 15) is 4.79 Å². The molecule has 6 heteroatoms. The highest BCUT2D eigenvalue weighted by Crippen LogP contribution is 1.96. The monoisotopic (exact) mass is 225 g/mol. The molecule has 0 unspecified atom stereocenters. The molecule has 1 heterocycles. The Hall–Kier alpha value is -1.43. The van der Waals surface area contributed by atoms with Gasteiger partial charge in [0.2, 0.25) is 5.91 Å². The predicted octanol–water partition coefficient (Wildman–Crippen LogP) is -0.181. The second kappa shape index (κ2) is 5.07. The number of carbonyl (C=O) groups excluding carboxylic acids is 1. The highest BCUT2D eigenvalue weighted by atomic mass is 16.1. The van der Waals surface area contributed by atoms with Crippen LogP contribution in [0.25, 0.3) is 0 Å². The fourth-order valence-corrected chi connectivity index (χ4v) is 1.05. The van der Waals surface area contributed by atoms with Gasteiger partial charge >= 0.3 is 0 Å². The molecule has 90 valence electrons. The molecule has 0 aliphatic carbocycles. The lowest BCUT2D eigenvalue weighted by molar-refractivity contribution is -0.120. The topological polar surface area (TPSA) is 71.8 Å². The molecule has 1 aromatic rings. The Balaban J connectivity index is 2.25. The number of nitrogens with one attached hydrogen (secondary N) is 2. The molecule has 0 fully saturated rings. The number of carbonyl (C=O) groups is 1. The number of aromatic nitrogens is 3. The summed E-state index contributed by atoms with van der Waals surface area (Å²) < 4.78 is 1.61. The Labute approximate surface area is 95.4 Å². The summed E-state index contributed by atoms with van der Waals surface area (Å²) in [5.74, 6) is 0.564. The van der Waals surface area contributed by atoms with Crippen LogP contribution in [0.4, 0.5) is 0 Å². The van der Waals surface area contributed by atoms with E-state index in [1.165, 1.54) is 0 Å². The molecule has 0 bridgehead atoms. The second-order valence-electron chi connectivity index (χ2n) is 4.71. The summed E-state index contributed by atoms with van der Waals surface area (Å²) in [6.07, 6.45) is 1.61. The summed E-state index contributed by atoms with van der Waals surface area (Å²) in [6.45, 7) is 6.71. The lowest BCUT2D eigenvalue weighted by atomic mass is 10.1. The normalized spacial score (nSPS) is 11.5. The minimum absolute atomic E-state index is 0.0534. The van der Waals surface area contributed by atoms with E-state index in [4.69, 9.17) is 0 Å². The van der Waals surface area contributed by atoms with E-state index in [-0.39, 0.29) is 11.4 Å². The van der Waals surface area contributed by atoms with Gasteiger partial charge in [0, 0.05) is 12.6 Å². The van der Waals surface area contributed by atoms with Gasteiger partial charge in [-0.3, -0.25) is 9.48 Å². The lowest BCUT2D eigenvalue weighted by Crippen LogP contribution is -2.43. The van der Waals surface area contributed by atoms with Crippen LogP contribution in [0.1, 0.15) is 26.6 Å². The Kier molecular flexibility index (Phi) is 4.00. The average molecular weight is 225 g/mol. The molecule has 0 aliphatic rings. The predicted molar refractivity (Wildman–Crippen MR) is 60.6 cm³/mol. The van der Waals surface area contributed by atoms with Crippen LogP contribution < -0.4 is 10.6 Å². The maximum atomic E-state index is 11.4. The highest BCUT2D eigenvalue weighted by molar-refractivity contribution is 5.77. The summed E-state index contributed by atoms with van der Waals surface area (Å²) >= 11 is 0. The molecule has 6 nitrogen and oxygen atoms in total. The number of amides is 1. The maximum Gasteiger partial charge on any atom is 0.234 e. The van der Waals surface area contributed by atoms with Crippen LogP contribution in [0.5, 0.6) is 0 Å². The Morgan fingerprint density at radius 1 is 1.50 bits per heavy atom. The molecule has 0 saturated heterocycles. The summed E-state index contributed by atoms with van der Waals surface area (Å²) in [5.41, 5.74) is -0.0550. The van der Waals surface area contributed by atoms with Crippen molar-refractivity contribution in [1.82, 2.24) is 25.4 Å². The Bertz CT molecular complexity index is 352. The molecular weight excluding hydrogens is 206 g/mol. The van der Waals surface area contributed by atoms with Crippen molar-refractivity contribution < 1.29 is 4.79 Å². The fourth-order valence-electron chi connectivity index (χ4n) is 1.05. The molecular formula is C10H19N5O. The van der Waals surface area contributed by atoms with E-state index in [0.29, 0.717) is 18.9 Å². The van der Waals surface area contributed by atoms with E-state index in [2.05, 4.69) is 20.7 Å². The molecule has 0 aromatic carbocycles. The largest absolute Gasteiger partial charge is 0.348 e. The quantitative estimate of drug-likeness (QED) is 0.745. The first-order valence-corrected chi connectivity index (χ1v) is 5.23. The third kappa shape index (κ3) is 4.88. The molecule has 16 heavy (non-hydrogen) atoms. The van der Waals surface area contributed by atoms with Crippen LogP contribution in [-0.2, 0) is 18.4 Å². The first-order chi connectivity index (χ1) is 7.37. The van der Waals surface area contributed by atoms with Gasteiger partial charge in [-0.1, -0.05) is 0 Å². The van der Waals surface area contributed by atoms with Gasteiger partial charge in [0.25, 0.3) is 0 Å². The minimum atomic E-state index is -0.0550. The summed E-state index contributed by atoms with van der Waals surface area (Å²) in [6, 6.07) is 0. The highest BCUT2D eigenvalue weighted by Gasteiger charge is 2.11. The summed E-state index contributed by atoms with van der Waals surface area (Å²) in [7, 11) is 1.79. The van der Waals surface area contributed by atoms with E-state index >= 15 is 0 Å². The third-order valence-corrected chi connectivity index (χ3v) is 1.87. The van der Waals surface area contributed by atoms with E-state index < -0.39 is 0 Å². The smallest absolute Gasteiger partial charge is 0.234 e. The zero-order chi connectivity index (χ0) is 12.2. The van der Waals surface area contributed by atoms with Crippen molar-refractivity contribution in [2.45, 2.75) is 32.9 Å². The molecule has 0 saturated carbocycles. The molecule has 0 spiro atoms. The van der Waals surface area contributed by atoms with Crippen molar-refractivity contribution >= 4 is 5.91 Å². The van der Waals surface area contributed by atoms with Crippen LogP contribution in [0, 0.1) is 0 Å². The maximum absolute atomic E-state index is 11.4. The number of hydrogen-bond acceptors (Lipinski definition) is 4. The molecule has 1 rings (SSSR count). The van der Waals surface area contributed by atoms with Gasteiger partial charge in [0.05, 0.1) is 13.1 Å². The standard InChI is InChI=1S/C10H19N5O/c1-10(2,3)13-6-9(16)11-5-8-12-7-15(4)14-8/h7,13H,5-6H2,1-4H3,(H,11,16). The fraction of sp³-hybridized carbons (Fsp3) is 0.700. The van der Waals surface area contributed by atoms with Gasteiger partial charge in [-0.05, 0) is 20.8 Å². The molecule has 0 atom stereocenters. The zero-order valence-electron chi connectivity index (χ0n) is 10.2. The zero-order valence-corrected chi connectivity index (χ0v) is 10.2. The summed E-state index contributed by atoms with van der Waals surface area (Å²) in [4.78, 5) is 15.4. The van der Waals surface area contributed by atoms with Crippen LogP contribution in [0.2, 0.25) is 0 Å². The van der Waals surface area contributed by atoms with Crippen molar-refractivity contribution in [1.29, 1.82) is 0 Å². The van der Waals surface area contributed by atoms with E-state index in [0.717, 1.165) is 0 Å². The minimum Gasteiger partial charge on any atom is -0.348 e. The SMILES string of the molecule is Cn1cnc(CNC(=O)CNC(C)(C)C)n1. The van der Waals surface area contributed by atoms with Crippen LogP contribution >= 0.6 is 0 Å². The lowest BCUT2D eigenvalue weighted by Gasteiger charge is -2.19. The van der Waals surface area contributed by atoms with E-state index in [1.807, 2.05) is 20.8 Å². The third-order valence-electron chi connectivity index (χ3n) is 1.87. The number of nitrogens with zero attached hydrogens (tertiary/aromatic N) is 3. The van der Waals surface area contributed by atoms with Crippen molar-refractivity contribution in [2.75, 3.05) is 6.54 Å². The van der Waals surface area contributed by atoms with Gasteiger partial charge in [0.15, 0.2) is 5.82 Å². The molecule has 0 aliphatic heterocycles. The van der Waals surface area contributed by atoms with Crippen LogP contribution in [0.3, 0.4) is 0 Å². The van der Waals surface area contributed by atoms with Crippen molar-refractivity contribution in [2.24, 2.45) is 7.05 Å². The molecule has 2 N–H and O–H groups in total. The number of aryl methyl sites for hydroxylation is 1. The van der Waals surface area contributed by atoms with Crippen LogP contribution in [-0.4, -0.2) is 32.8 Å². The number of hydrogen-bond donors (Lipinski definition) is 2. The summed E-state index contributed by atoms with van der Waals surface area (Å²) in [5, 5.41) is 9.91. The average Bonchev–Trinajstić information content (AvgIpc) is 2.57.